The van der Waals surface area contributed by atoms with Gasteiger partial charge in [0, 0.05) is 6.61 Å². The zero-order valence-corrected chi connectivity index (χ0v) is 11.1. The number of hydrogen-bond donors (Lipinski definition) is 1. The van der Waals surface area contributed by atoms with E-state index in [2.05, 4.69) is 0 Å². The van der Waals surface area contributed by atoms with Gasteiger partial charge >= 0.3 is 5.97 Å². The molecule has 0 aromatic rings. The van der Waals surface area contributed by atoms with Crippen molar-refractivity contribution in [3.8, 4) is 0 Å². The third-order valence-electron chi connectivity index (χ3n) is 5.54. The second kappa shape index (κ2) is 4.84. The number of aliphatic carboxylic acids is 1. The average molecular weight is 252 g/mol. The minimum absolute atomic E-state index is 0.0773. The Morgan fingerprint density at radius 2 is 1.89 bits per heavy atom. The van der Waals surface area contributed by atoms with Crippen LogP contribution in [-0.4, -0.2) is 23.3 Å². The van der Waals surface area contributed by atoms with E-state index in [-0.39, 0.29) is 11.5 Å². The summed E-state index contributed by atoms with van der Waals surface area (Å²) < 4.78 is 6.06. The molecule has 3 fully saturated rings. The van der Waals surface area contributed by atoms with Gasteiger partial charge in [-0.3, -0.25) is 4.79 Å². The van der Waals surface area contributed by atoms with Crippen LogP contribution in [0.3, 0.4) is 0 Å². The third kappa shape index (κ3) is 2.18. The van der Waals surface area contributed by atoms with Crippen LogP contribution in [0.5, 0.6) is 0 Å². The predicted octanol–water partition coefficient (Wildman–Crippen LogP) is 3.23. The van der Waals surface area contributed by atoms with E-state index in [1.165, 1.54) is 25.7 Å². The lowest BCUT2D eigenvalue weighted by atomic mass is 9.74. The van der Waals surface area contributed by atoms with E-state index >= 15 is 0 Å². The summed E-state index contributed by atoms with van der Waals surface area (Å²) in [5.41, 5.74) is 0.133. The van der Waals surface area contributed by atoms with Gasteiger partial charge in [-0.2, -0.15) is 0 Å². The van der Waals surface area contributed by atoms with Gasteiger partial charge in [0.15, 0.2) is 0 Å². The number of rotatable bonds is 2. The monoisotopic (exact) mass is 252 g/mol. The summed E-state index contributed by atoms with van der Waals surface area (Å²) in [6.45, 7) is 0.855. The minimum atomic E-state index is -0.565. The standard InChI is InChI=1S/C15H24O3/c16-14(17)13-5-3-4-12(13)11-6-9-18-15(10-11)7-1-2-8-15/h11-13H,1-10H2,(H,16,17). The Morgan fingerprint density at radius 1 is 1.11 bits per heavy atom. The summed E-state index contributed by atoms with van der Waals surface area (Å²) in [6.07, 6.45) is 10.3. The molecule has 3 nitrogen and oxygen atoms in total. The third-order valence-corrected chi connectivity index (χ3v) is 5.54. The molecule has 3 atom stereocenters. The lowest BCUT2D eigenvalue weighted by molar-refractivity contribution is -0.146. The van der Waals surface area contributed by atoms with Gasteiger partial charge in [-0.1, -0.05) is 19.3 Å². The molecule has 1 N–H and O–H groups in total. The number of carboxylic acids is 1. The van der Waals surface area contributed by atoms with Crippen molar-refractivity contribution in [1.29, 1.82) is 0 Å². The van der Waals surface area contributed by atoms with Gasteiger partial charge in [0.05, 0.1) is 11.5 Å². The molecule has 0 amide bonds. The molecule has 0 radical (unpaired) electrons. The Hall–Kier alpha value is -0.570. The summed E-state index contributed by atoms with van der Waals surface area (Å²) in [6, 6.07) is 0. The Bertz CT molecular complexity index is 320. The molecule has 18 heavy (non-hydrogen) atoms. The molecule has 1 saturated heterocycles. The van der Waals surface area contributed by atoms with Gasteiger partial charge in [0.25, 0.3) is 0 Å². The number of carboxylic acid groups (broad SMARTS) is 1. The Morgan fingerprint density at radius 3 is 2.61 bits per heavy atom. The second-order valence-electron chi connectivity index (χ2n) is 6.53. The van der Waals surface area contributed by atoms with Crippen LogP contribution in [0.2, 0.25) is 0 Å². The van der Waals surface area contributed by atoms with Crippen LogP contribution in [0.25, 0.3) is 0 Å². The first-order valence-corrected chi connectivity index (χ1v) is 7.57. The smallest absolute Gasteiger partial charge is 0.306 e. The van der Waals surface area contributed by atoms with Crippen LogP contribution in [0.1, 0.15) is 57.8 Å². The van der Waals surface area contributed by atoms with E-state index in [1.54, 1.807) is 0 Å². The molecule has 0 aromatic carbocycles. The predicted molar refractivity (Wildman–Crippen MR) is 68.3 cm³/mol. The largest absolute Gasteiger partial charge is 0.481 e. The Balaban J connectivity index is 1.70. The zero-order valence-electron chi connectivity index (χ0n) is 11.1. The minimum Gasteiger partial charge on any atom is -0.481 e. The molecule has 1 spiro atoms. The first-order chi connectivity index (χ1) is 8.70. The van der Waals surface area contributed by atoms with Crippen molar-refractivity contribution in [2.75, 3.05) is 6.61 Å². The fourth-order valence-electron chi connectivity index (χ4n) is 4.66. The van der Waals surface area contributed by atoms with Crippen LogP contribution in [0, 0.1) is 17.8 Å². The van der Waals surface area contributed by atoms with Crippen molar-refractivity contribution in [2.24, 2.45) is 17.8 Å². The Kier molecular flexibility index (Phi) is 3.35. The van der Waals surface area contributed by atoms with E-state index in [9.17, 15) is 9.90 Å². The second-order valence-corrected chi connectivity index (χ2v) is 6.53. The van der Waals surface area contributed by atoms with Crippen molar-refractivity contribution in [3.63, 3.8) is 0 Å². The van der Waals surface area contributed by atoms with E-state index in [0.29, 0.717) is 11.8 Å². The lowest BCUT2D eigenvalue weighted by Crippen LogP contribution is -2.41. The van der Waals surface area contributed by atoms with Crippen molar-refractivity contribution < 1.29 is 14.6 Å². The van der Waals surface area contributed by atoms with Crippen LogP contribution in [0.4, 0.5) is 0 Å². The molecule has 0 aromatic heterocycles. The quantitative estimate of drug-likeness (QED) is 0.820. The molecule has 1 heterocycles. The van der Waals surface area contributed by atoms with Crippen LogP contribution < -0.4 is 0 Å². The highest BCUT2D eigenvalue weighted by molar-refractivity contribution is 5.70. The number of carbonyl (C=O) groups is 1. The number of ether oxygens (including phenoxy) is 1. The van der Waals surface area contributed by atoms with Gasteiger partial charge in [-0.05, 0) is 50.4 Å². The summed E-state index contributed by atoms with van der Waals surface area (Å²) >= 11 is 0. The SMILES string of the molecule is O=C(O)C1CCCC1C1CCOC2(CCCC2)C1. The van der Waals surface area contributed by atoms with E-state index in [4.69, 9.17) is 4.74 Å². The van der Waals surface area contributed by atoms with Gasteiger partial charge < -0.3 is 9.84 Å². The fourth-order valence-corrected chi connectivity index (χ4v) is 4.66. The van der Waals surface area contributed by atoms with Crippen molar-refractivity contribution in [2.45, 2.75) is 63.4 Å². The summed E-state index contributed by atoms with van der Waals surface area (Å²) in [4.78, 5) is 11.3. The van der Waals surface area contributed by atoms with E-state index in [0.717, 1.165) is 38.7 Å². The fraction of sp³-hybridized carbons (Fsp3) is 0.933. The normalized spacial score (nSPS) is 39.2. The highest BCUT2D eigenvalue weighted by Crippen LogP contribution is 2.48. The van der Waals surface area contributed by atoms with Crippen LogP contribution in [-0.2, 0) is 9.53 Å². The van der Waals surface area contributed by atoms with Crippen LogP contribution >= 0.6 is 0 Å². The van der Waals surface area contributed by atoms with Gasteiger partial charge in [-0.15, -0.1) is 0 Å². The summed E-state index contributed by atoms with van der Waals surface area (Å²) in [7, 11) is 0. The highest BCUT2D eigenvalue weighted by atomic mass is 16.5. The average Bonchev–Trinajstić information content (AvgIpc) is 2.98. The molecular weight excluding hydrogens is 228 g/mol. The molecule has 3 heteroatoms. The summed E-state index contributed by atoms with van der Waals surface area (Å²) in [5, 5.41) is 9.34. The maximum Gasteiger partial charge on any atom is 0.306 e. The summed E-state index contributed by atoms with van der Waals surface area (Å²) in [5.74, 6) is 0.375. The molecule has 0 bridgehead atoms. The van der Waals surface area contributed by atoms with E-state index in [1.807, 2.05) is 0 Å². The van der Waals surface area contributed by atoms with Crippen LogP contribution in [0.15, 0.2) is 0 Å². The molecule has 3 rings (SSSR count). The maximum absolute atomic E-state index is 11.3. The van der Waals surface area contributed by atoms with Gasteiger partial charge in [-0.25, -0.2) is 0 Å². The molecule has 2 aliphatic carbocycles. The lowest BCUT2D eigenvalue weighted by Gasteiger charge is -2.41. The van der Waals surface area contributed by atoms with Gasteiger partial charge in [0.1, 0.15) is 0 Å². The molecule has 3 aliphatic rings. The van der Waals surface area contributed by atoms with E-state index < -0.39 is 5.97 Å². The number of hydrogen-bond acceptors (Lipinski definition) is 2. The first-order valence-electron chi connectivity index (χ1n) is 7.57. The molecule has 3 unspecified atom stereocenters. The zero-order chi connectivity index (χ0) is 12.6. The topological polar surface area (TPSA) is 46.5 Å². The maximum atomic E-state index is 11.3. The Labute approximate surface area is 109 Å². The van der Waals surface area contributed by atoms with Crippen molar-refractivity contribution in [3.05, 3.63) is 0 Å². The first kappa shape index (κ1) is 12.5. The highest BCUT2D eigenvalue weighted by Gasteiger charge is 2.45. The molecule has 102 valence electrons. The molecule has 1 aliphatic heterocycles. The van der Waals surface area contributed by atoms with Gasteiger partial charge in [0.2, 0.25) is 0 Å². The molecular formula is C15H24O3. The van der Waals surface area contributed by atoms with Crippen molar-refractivity contribution >= 4 is 5.97 Å². The van der Waals surface area contributed by atoms with Crippen molar-refractivity contribution in [1.82, 2.24) is 0 Å². The molecule has 2 saturated carbocycles.